The number of ether oxygens (including phenoxy) is 1. The summed E-state index contributed by atoms with van der Waals surface area (Å²) in [6.45, 7) is 4.10. The highest BCUT2D eigenvalue weighted by Crippen LogP contribution is 2.18. The molecule has 1 atom stereocenters. The third-order valence-electron chi connectivity index (χ3n) is 4.89. The van der Waals surface area contributed by atoms with Gasteiger partial charge in [0.2, 0.25) is 0 Å². The molecule has 6 nitrogen and oxygen atoms in total. The summed E-state index contributed by atoms with van der Waals surface area (Å²) in [7, 11) is 0. The molecular weight excluding hydrogens is 438 g/mol. The van der Waals surface area contributed by atoms with Gasteiger partial charge >= 0.3 is 0 Å². The average Bonchev–Trinajstić information content (AvgIpc) is 2.82. The number of hydrogen-bond acceptors (Lipinski definition) is 4. The van der Waals surface area contributed by atoms with Crippen molar-refractivity contribution >= 4 is 29.6 Å². The second-order valence-corrected chi connectivity index (χ2v) is 8.13. The predicted molar refractivity (Wildman–Crippen MR) is 130 cm³/mol. The van der Waals surface area contributed by atoms with Crippen LogP contribution in [-0.2, 0) is 11.4 Å². The van der Waals surface area contributed by atoms with Gasteiger partial charge in [0.25, 0.3) is 11.8 Å². The van der Waals surface area contributed by atoms with Crippen LogP contribution in [-0.4, -0.2) is 24.1 Å². The van der Waals surface area contributed by atoms with E-state index in [0.717, 1.165) is 11.1 Å². The summed E-state index contributed by atoms with van der Waals surface area (Å²) in [5.74, 6) is -0.359. The average molecular weight is 464 g/mol. The molecule has 0 saturated heterocycles. The van der Waals surface area contributed by atoms with Crippen LogP contribution in [0.15, 0.2) is 84.0 Å². The summed E-state index contributed by atoms with van der Waals surface area (Å²) in [6, 6.07) is 23.2. The molecule has 7 heteroatoms. The Bertz CT molecular complexity index is 1120. The van der Waals surface area contributed by atoms with Crippen LogP contribution in [0.4, 0.5) is 0 Å². The van der Waals surface area contributed by atoms with Gasteiger partial charge in [-0.25, -0.2) is 5.43 Å². The highest BCUT2D eigenvalue weighted by Gasteiger charge is 2.25. The highest BCUT2D eigenvalue weighted by atomic mass is 35.5. The van der Waals surface area contributed by atoms with E-state index >= 15 is 0 Å². The van der Waals surface area contributed by atoms with Crippen LogP contribution >= 0.6 is 11.6 Å². The number of hydrazone groups is 1. The maximum atomic E-state index is 12.7. The van der Waals surface area contributed by atoms with Crippen molar-refractivity contribution in [3.05, 3.63) is 101 Å². The minimum atomic E-state index is -0.782. The first-order valence-electron chi connectivity index (χ1n) is 10.6. The Morgan fingerprint density at radius 2 is 1.64 bits per heavy atom. The lowest BCUT2D eigenvalue weighted by Gasteiger charge is -2.20. The quantitative estimate of drug-likeness (QED) is 0.352. The molecule has 0 fully saturated rings. The third kappa shape index (κ3) is 6.92. The van der Waals surface area contributed by atoms with Crippen molar-refractivity contribution in [2.75, 3.05) is 0 Å². The van der Waals surface area contributed by atoms with Crippen molar-refractivity contribution in [3.8, 4) is 5.75 Å². The van der Waals surface area contributed by atoms with Gasteiger partial charge in [-0.3, -0.25) is 9.59 Å². The van der Waals surface area contributed by atoms with Gasteiger partial charge in [0.1, 0.15) is 18.4 Å². The predicted octanol–water partition coefficient (Wildman–Crippen LogP) is 4.82. The first kappa shape index (κ1) is 24.0. The molecular formula is C26H26ClN3O3. The molecule has 2 amide bonds. The summed E-state index contributed by atoms with van der Waals surface area (Å²) < 4.78 is 5.91. The van der Waals surface area contributed by atoms with Crippen molar-refractivity contribution in [1.29, 1.82) is 0 Å². The van der Waals surface area contributed by atoms with Crippen LogP contribution in [0.1, 0.15) is 35.3 Å². The van der Waals surface area contributed by atoms with Crippen LogP contribution in [0, 0.1) is 5.92 Å². The maximum absolute atomic E-state index is 12.7. The van der Waals surface area contributed by atoms with E-state index in [1.54, 1.807) is 24.3 Å². The number of halogens is 1. The lowest BCUT2D eigenvalue weighted by atomic mass is 10.0. The first-order chi connectivity index (χ1) is 16.0. The lowest BCUT2D eigenvalue weighted by molar-refractivity contribution is -0.123. The topological polar surface area (TPSA) is 79.8 Å². The Labute approximate surface area is 198 Å². The number of rotatable bonds is 9. The van der Waals surface area contributed by atoms with E-state index in [4.69, 9.17) is 16.3 Å². The van der Waals surface area contributed by atoms with Gasteiger partial charge < -0.3 is 10.1 Å². The monoisotopic (exact) mass is 463 g/mol. The molecule has 0 heterocycles. The fraction of sp³-hybridized carbons (Fsp3) is 0.192. The number of amides is 2. The van der Waals surface area contributed by atoms with Crippen LogP contribution in [0.2, 0.25) is 5.02 Å². The molecule has 0 spiro atoms. The molecule has 3 aromatic carbocycles. The Morgan fingerprint density at radius 3 is 2.36 bits per heavy atom. The smallest absolute Gasteiger partial charge is 0.262 e. The Balaban J connectivity index is 1.63. The normalized spacial score (nSPS) is 11.9. The van der Waals surface area contributed by atoms with Crippen molar-refractivity contribution in [2.24, 2.45) is 11.0 Å². The molecule has 0 aliphatic heterocycles. The van der Waals surface area contributed by atoms with Crippen molar-refractivity contribution in [3.63, 3.8) is 0 Å². The third-order valence-corrected chi connectivity index (χ3v) is 5.22. The fourth-order valence-corrected chi connectivity index (χ4v) is 3.31. The Hall–Kier alpha value is -3.64. The maximum Gasteiger partial charge on any atom is 0.262 e. The molecule has 3 aromatic rings. The zero-order valence-electron chi connectivity index (χ0n) is 18.5. The van der Waals surface area contributed by atoms with Crippen molar-refractivity contribution in [2.45, 2.75) is 26.5 Å². The molecule has 0 aliphatic rings. The standard InChI is InChI=1S/C26H26ClN3O3/c1-18(2)24(29-25(31)21-13-7-8-14-22(21)27)26(32)30-28-16-20-12-6-9-15-23(20)33-17-19-10-4-3-5-11-19/h3-16,18,24H,17H2,1-2H3,(H,29,31)(H,30,32). The number of carbonyl (C=O) groups excluding carboxylic acids is 2. The number of para-hydroxylation sites is 1. The molecule has 0 radical (unpaired) electrons. The van der Waals surface area contributed by atoms with Gasteiger partial charge in [0, 0.05) is 5.56 Å². The van der Waals surface area contributed by atoms with Gasteiger partial charge in [0.05, 0.1) is 16.8 Å². The molecule has 2 N–H and O–H groups in total. The number of nitrogens with one attached hydrogen (secondary N) is 2. The van der Waals surface area contributed by atoms with Crippen LogP contribution in [0.25, 0.3) is 0 Å². The van der Waals surface area contributed by atoms with Crippen LogP contribution in [0.5, 0.6) is 5.75 Å². The highest BCUT2D eigenvalue weighted by molar-refractivity contribution is 6.33. The van der Waals surface area contributed by atoms with E-state index in [1.807, 2.05) is 68.4 Å². The number of nitrogens with zero attached hydrogens (tertiary/aromatic N) is 1. The van der Waals surface area contributed by atoms with E-state index in [9.17, 15) is 9.59 Å². The molecule has 3 rings (SSSR count). The zero-order chi connectivity index (χ0) is 23.6. The first-order valence-corrected chi connectivity index (χ1v) is 11.0. The van der Waals surface area contributed by atoms with Gasteiger partial charge in [0.15, 0.2) is 0 Å². The van der Waals surface area contributed by atoms with E-state index < -0.39 is 17.9 Å². The Kier molecular flexibility index (Phi) is 8.61. The Morgan fingerprint density at radius 1 is 0.970 bits per heavy atom. The molecule has 33 heavy (non-hydrogen) atoms. The molecule has 0 bridgehead atoms. The molecule has 0 aliphatic carbocycles. The second-order valence-electron chi connectivity index (χ2n) is 7.72. The number of carbonyl (C=O) groups is 2. The summed E-state index contributed by atoms with van der Waals surface area (Å²) >= 11 is 6.10. The van der Waals surface area contributed by atoms with Gasteiger partial charge in [-0.1, -0.05) is 80.0 Å². The number of benzene rings is 3. The molecule has 1 unspecified atom stereocenters. The fourth-order valence-electron chi connectivity index (χ4n) is 3.09. The van der Waals surface area contributed by atoms with E-state index in [1.165, 1.54) is 6.21 Å². The second kappa shape index (κ2) is 11.8. The van der Waals surface area contributed by atoms with E-state index in [-0.39, 0.29) is 5.92 Å². The van der Waals surface area contributed by atoms with Crippen LogP contribution in [0.3, 0.4) is 0 Å². The molecule has 0 saturated carbocycles. The lowest BCUT2D eigenvalue weighted by Crippen LogP contribution is -2.48. The molecule has 0 aromatic heterocycles. The molecule has 170 valence electrons. The van der Waals surface area contributed by atoms with Gasteiger partial charge in [-0.2, -0.15) is 5.10 Å². The van der Waals surface area contributed by atoms with Gasteiger partial charge in [-0.05, 0) is 35.7 Å². The summed E-state index contributed by atoms with van der Waals surface area (Å²) in [4.78, 5) is 25.3. The SMILES string of the molecule is CC(C)C(NC(=O)c1ccccc1Cl)C(=O)NN=Cc1ccccc1OCc1ccccc1. The summed E-state index contributed by atoms with van der Waals surface area (Å²) in [5, 5.41) is 7.14. The van der Waals surface area contributed by atoms with Crippen molar-refractivity contribution in [1.82, 2.24) is 10.7 Å². The van der Waals surface area contributed by atoms with Crippen molar-refractivity contribution < 1.29 is 14.3 Å². The van der Waals surface area contributed by atoms with E-state index in [0.29, 0.717) is 22.9 Å². The zero-order valence-corrected chi connectivity index (χ0v) is 19.3. The minimum absolute atomic E-state index is 0.159. The summed E-state index contributed by atoms with van der Waals surface area (Å²) in [5.41, 5.74) is 4.59. The van der Waals surface area contributed by atoms with Gasteiger partial charge in [-0.15, -0.1) is 0 Å². The van der Waals surface area contributed by atoms with Crippen LogP contribution < -0.4 is 15.5 Å². The van der Waals surface area contributed by atoms with E-state index in [2.05, 4.69) is 15.8 Å². The largest absolute Gasteiger partial charge is 0.488 e. The number of hydrogen-bond donors (Lipinski definition) is 2. The minimum Gasteiger partial charge on any atom is -0.488 e. The summed E-state index contributed by atoms with van der Waals surface area (Å²) in [6.07, 6.45) is 1.52.